The molecule has 0 saturated carbocycles. The lowest BCUT2D eigenvalue weighted by Gasteiger charge is -2.28. The number of nitrogens with one attached hydrogen (secondary N) is 1. The molecule has 0 spiro atoms. The number of furan rings is 1. The third-order valence-corrected chi connectivity index (χ3v) is 4.37. The van der Waals surface area contributed by atoms with Crippen LogP contribution >= 0.6 is 0 Å². The van der Waals surface area contributed by atoms with Crippen molar-refractivity contribution < 1.29 is 9.21 Å². The van der Waals surface area contributed by atoms with Gasteiger partial charge in [0.1, 0.15) is 5.76 Å². The number of amides is 2. The van der Waals surface area contributed by atoms with Gasteiger partial charge in [0, 0.05) is 12.2 Å². The van der Waals surface area contributed by atoms with Crippen molar-refractivity contribution in [3.8, 4) is 6.07 Å². The summed E-state index contributed by atoms with van der Waals surface area (Å²) in [6.45, 7) is 0.726. The van der Waals surface area contributed by atoms with Crippen LogP contribution in [-0.4, -0.2) is 17.5 Å². The van der Waals surface area contributed by atoms with E-state index in [4.69, 9.17) is 9.68 Å². The number of hydrogen-bond donors (Lipinski definition) is 1. The molecule has 1 aliphatic heterocycles. The number of carbonyl (C=O) groups is 1. The largest absolute Gasteiger partial charge is 0.467 e. The van der Waals surface area contributed by atoms with Gasteiger partial charge in [0.15, 0.2) is 0 Å². The van der Waals surface area contributed by atoms with Gasteiger partial charge in [0.05, 0.1) is 24.8 Å². The van der Waals surface area contributed by atoms with E-state index in [1.165, 1.54) is 0 Å². The van der Waals surface area contributed by atoms with E-state index in [-0.39, 0.29) is 12.1 Å². The Morgan fingerprint density at radius 2 is 2.08 bits per heavy atom. The molecule has 1 aromatic carbocycles. The highest BCUT2D eigenvalue weighted by Crippen LogP contribution is 2.31. The predicted molar refractivity (Wildman–Crippen MR) is 91.4 cm³/mol. The first-order valence-corrected chi connectivity index (χ1v) is 8.35. The Balaban J connectivity index is 1.72. The van der Waals surface area contributed by atoms with Crippen LogP contribution in [0.5, 0.6) is 0 Å². The van der Waals surface area contributed by atoms with Crippen LogP contribution < -0.4 is 5.32 Å². The average Bonchev–Trinajstić information content (AvgIpc) is 3.01. The second kappa shape index (κ2) is 7.69. The summed E-state index contributed by atoms with van der Waals surface area (Å²) in [6.07, 6.45) is 6.18. The molecule has 0 aliphatic carbocycles. The number of carbonyl (C=O) groups excluding carboxylic acids is 1. The Hall–Kier alpha value is -2.74. The molecular formula is C19H21N3O2. The molecule has 24 heavy (non-hydrogen) atoms. The summed E-state index contributed by atoms with van der Waals surface area (Å²) in [5, 5.41) is 11.7. The lowest BCUT2D eigenvalue weighted by Crippen LogP contribution is -2.37. The highest BCUT2D eigenvalue weighted by molar-refractivity contribution is 5.89. The van der Waals surface area contributed by atoms with Crippen LogP contribution in [-0.2, 0) is 6.42 Å². The van der Waals surface area contributed by atoms with Gasteiger partial charge in [-0.05, 0) is 42.7 Å². The second-order valence-electron chi connectivity index (χ2n) is 6.04. The fraction of sp³-hybridized carbons (Fsp3) is 0.368. The van der Waals surface area contributed by atoms with Crippen LogP contribution in [0.3, 0.4) is 0 Å². The fourth-order valence-electron chi connectivity index (χ4n) is 3.12. The highest BCUT2D eigenvalue weighted by Gasteiger charge is 2.28. The Morgan fingerprint density at radius 1 is 1.25 bits per heavy atom. The van der Waals surface area contributed by atoms with Crippen LogP contribution in [0.15, 0.2) is 47.1 Å². The SMILES string of the molecule is N#CCc1ccc(NC(=O)N2CCCCC[C@@H]2c2ccco2)cc1. The molecular weight excluding hydrogens is 302 g/mol. The van der Waals surface area contributed by atoms with Crippen molar-refractivity contribution in [2.24, 2.45) is 0 Å². The number of likely N-dealkylation sites (tertiary alicyclic amines) is 1. The first-order valence-electron chi connectivity index (χ1n) is 8.35. The maximum absolute atomic E-state index is 12.8. The van der Waals surface area contributed by atoms with Crippen molar-refractivity contribution in [3.05, 3.63) is 54.0 Å². The van der Waals surface area contributed by atoms with Crippen molar-refractivity contribution in [2.75, 3.05) is 11.9 Å². The first kappa shape index (κ1) is 16.1. The molecule has 0 radical (unpaired) electrons. The van der Waals surface area contributed by atoms with Gasteiger partial charge >= 0.3 is 6.03 Å². The van der Waals surface area contributed by atoms with Gasteiger partial charge in [-0.1, -0.05) is 25.0 Å². The van der Waals surface area contributed by atoms with Gasteiger partial charge < -0.3 is 14.6 Å². The molecule has 1 saturated heterocycles. The molecule has 3 rings (SSSR count). The number of hydrogen-bond acceptors (Lipinski definition) is 3. The molecule has 1 N–H and O–H groups in total. The number of urea groups is 1. The number of benzene rings is 1. The van der Waals surface area contributed by atoms with Crippen molar-refractivity contribution in [3.63, 3.8) is 0 Å². The lowest BCUT2D eigenvalue weighted by atomic mass is 10.1. The van der Waals surface area contributed by atoms with E-state index < -0.39 is 0 Å². The molecule has 124 valence electrons. The van der Waals surface area contributed by atoms with Crippen molar-refractivity contribution in [2.45, 2.75) is 38.1 Å². The Labute approximate surface area is 141 Å². The lowest BCUT2D eigenvalue weighted by molar-refractivity contribution is 0.179. The van der Waals surface area contributed by atoms with Gasteiger partial charge in [0.25, 0.3) is 0 Å². The molecule has 5 nitrogen and oxygen atoms in total. The zero-order chi connectivity index (χ0) is 16.8. The Kier molecular flexibility index (Phi) is 5.17. The minimum absolute atomic E-state index is 0.0136. The Bertz CT molecular complexity index is 701. The van der Waals surface area contributed by atoms with Gasteiger partial charge in [-0.25, -0.2) is 4.79 Å². The van der Waals surface area contributed by atoms with E-state index in [0.717, 1.165) is 49.2 Å². The predicted octanol–water partition coefficient (Wildman–Crippen LogP) is 4.49. The number of nitriles is 1. The number of rotatable bonds is 3. The summed E-state index contributed by atoms with van der Waals surface area (Å²) in [7, 11) is 0. The third kappa shape index (κ3) is 3.77. The van der Waals surface area contributed by atoms with Crippen molar-refractivity contribution in [1.82, 2.24) is 4.90 Å². The molecule has 2 amide bonds. The van der Waals surface area contributed by atoms with E-state index in [1.807, 2.05) is 41.3 Å². The van der Waals surface area contributed by atoms with Gasteiger partial charge in [-0.15, -0.1) is 0 Å². The maximum atomic E-state index is 12.8. The molecule has 1 fully saturated rings. The summed E-state index contributed by atoms with van der Waals surface area (Å²) in [6, 6.07) is 13.2. The van der Waals surface area contributed by atoms with Crippen molar-refractivity contribution in [1.29, 1.82) is 5.26 Å². The molecule has 5 heteroatoms. The summed E-state index contributed by atoms with van der Waals surface area (Å²) in [5.41, 5.74) is 1.68. The van der Waals surface area contributed by atoms with Crippen LogP contribution in [0, 0.1) is 11.3 Å². The molecule has 1 aromatic heterocycles. The quantitative estimate of drug-likeness (QED) is 0.904. The smallest absolute Gasteiger partial charge is 0.322 e. The minimum Gasteiger partial charge on any atom is -0.467 e. The van der Waals surface area contributed by atoms with E-state index in [0.29, 0.717) is 6.42 Å². The Morgan fingerprint density at radius 3 is 2.79 bits per heavy atom. The fourth-order valence-corrected chi connectivity index (χ4v) is 3.12. The zero-order valence-electron chi connectivity index (χ0n) is 13.6. The standard InChI is InChI=1S/C19H21N3O2/c20-12-11-15-7-9-16(10-8-15)21-19(23)22-13-3-1-2-5-17(22)18-6-4-14-24-18/h4,6-10,14,17H,1-3,5,11,13H2,(H,21,23)/t17-/m1/s1. The van der Waals surface area contributed by atoms with Gasteiger partial charge in [0.2, 0.25) is 0 Å². The monoisotopic (exact) mass is 323 g/mol. The highest BCUT2D eigenvalue weighted by atomic mass is 16.3. The molecule has 1 aliphatic rings. The van der Waals surface area contributed by atoms with E-state index in [9.17, 15) is 4.79 Å². The third-order valence-electron chi connectivity index (χ3n) is 4.37. The van der Waals surface area contributed by atoms with E-state index in [1.54, 1.807) is 6.26 Å². The maximum Gasteiger partial charge on any atom is 0.322 e. The topological polar surface area (TPSA) is 69.3 Å². The van der Waals surface area contributed by atoms with Crippen LogP contribution in [0.1, 0.15) is 43.0 Å². The van der Waals surface area contributed by atoms with Gasteiger partial charge in [-0.3, -0.25) is 0 Å². The molecule has 0 bridgehead atoms. The second-order valence-corrected chi connectivity index (χ2v) is 6.04. The van der Waals surface area contributed by atoms with Crippen LogP contribution in [0.4, 0.5) is 10.5 Å². The normalized spacial score (nSPS) is 17.8. The van der Waals surface area contributed by atoms with Crippen molar-refractivity contribution >= 4 is 11.7 Å². The van der Waals surface area contributed by atoms with E-state index in [2.05, 4.69) is 11.4 Å². The van der Waals surface area contributed by atoms with E-state index >= 15 is 0 Å². The summed E-state index contributed by atoms with van der Waals surface area (Å²) in [5.74, 6) is 0.844. The minimum atomic E-state index is -0.105. The summed E-state index contributed by atoms with van der Waals surface area (Å²) >= 11 is 0. The molecule has 2 heterocycles. The number of anilines is 1. The first-order chi connectivity index (χ1) is 11.8. The van der Waals surface area contributed by atoms with Gasteiger partial charge in [-0.2, -0.15) is 5.26 Å². The summed E-state index contributed by atoms with van der Waals surface area (Å²) in [4.78, 5) is 14.6. The zero-order valence-corrected chi connectivity index (χ0v) is 13.6. The molecule has 1 atom stereocenters. The average molecular weight is 323 g/mol. The molecule has 0 unspecified atom stereocenters. The number of nitrogens with zero attached hydrogens (tertiary/aromatic N) is 2. The van der Waals surface area contributed by atoms with Crippen LogP contribution in [0.25, 0.3) is 0 Å². The van der Waals surface area contributed by atoms with Crippen LogP contribution in [0.2, 0.25) is 0 Å². The summed E-state index contributed by atoms with van der Waals surface area (Å²) < 4.78 is 5.55. The molecule has 2 aromatic rings.